The molecule has 0 aliphatic rings. The lowest BCUT2D eigenvalue weighted by molar-refractivity contribution is -0.139. The molecule has 0 saturated heterocycles. The summed E-state index contributed by atoms with van der Waals surface area (Å²) in [7, 11) is 5.94. The van der Waals surface area contributed by atoms with Crippen LogP contribution >= 0.6 is 0 Å². The number of ether oxygens (including phenoxy) is 5. The van der Waals surface area contributed by atoms with Crippen molar-refractivity contribution in [1.29, 1.82) is 5.26 Å². The quantitative estimate of drug-likeness (QED) is 0.312. The van der Waals surface area contributed by atoms with Gasteiger partial charge in [0.1, 0.15) is 18.2 Å². The van der Waals surface area contributed by atoms with Crippen LogP contribution in [0, 0.1) is 11.3 Å². The van der Waals surface area contributed by atoms with Gasteiger partial charge in [-0.1, -0.05) is 0 Å². The Kier molecular flexibility index (Phi) is 7.43. The zero-order valence-electron chi connectivity index (χ0n) is 13.5. The Labute approximate surface area is 135 Å². The van der Waals surface area contributed by atoms with Crippen molar-refractivity contribution in [2.75, 3.05) is 41.7 Å². The summed E-state index contributed by atoms with van der Waals surface area (Å²) in [5.41, 5.74) is 0.398. The fourth-order valence-corrected chi connectivity index (χ4v) is 1.78. The minimum absolute atomic E-state index is 0.0730. The topological polar surface area (TPSA) is 87.0 Å². The summed E-state index contributed by atoms with van der Waals surface area (Å²) in [5.74, 6) is 0.540. The largest absolute Gasteiger partial charge is 0.493 e. The van der Waals surface area contributed by atoms with Crippen LogP contribution in [0.15, 0.2) is 17.7 Å². The number of carbonyl (C=O) groups is 1. The minimum Gasteiger partial charge on any atom is -0.493 e. The molecule has 1 rings (SSSR count). The lowest BCUT2D eigenvalue weighted by atomic mass is 10.1. The number of rotatable bonds is 8. The minimum atomic E-state index is -0.724. The molecule has 0 radical (unpaired) electrons. The van der Waals surface area contributed by atoms with Crippen LogP contribution in [0.3, 0.4) is 0 Å². The normalized spacial score (nSPS) is 10.7. The Morgan fingerprint density at radius 2 is 1.70 bits per heavy atom. The van der Waals surface area contributed by atoms with Crippen molar-refractivity contribution < 1.29 is 28.5 Å². The molecule has 7 nitrogen and oxygen atoms in total. The van der Waals surface area contributed by atoms with E-state index in [1.54, 1.807) is 12.1 Å². The third kappa shape index (κ3) is 4.90. The Morgan fingerprint density at radius 3 is 2.13 bits per heavy atom. The molecule has 1 aromatic rings. The maximum Gasteiger partial charge on any atom is 0.348 e. The lowest BCUT2D eigenvalue weighted by Gasteiger charge is -2.13. The van der Waals surface area contributed by atoms with E-state index in [-0.39, 0.29) is 18.8 Å². The number of methoxy groups -OCH3 is 4. The highest BCUT2D eigenvalue weighted by atomic mass is 16.6. The molecular formula is C16H19NO6. The number of benzene rings is 1. The second-order valence-corrected chi connectivity index (χ2v) is 4.26. The van der Waals surface area contributed by atoms with E-state index < -0.39 is 5.97 Å². The van der Waals surface area contributed by atoms with E-state index >= 15 is 0 Å². The zero-order valence-corrected chi connectivity index (χ0v) is 13.5. The molecule has 7 heteroatoms. The number of esters is 1. The number of hydrogen-bond donors (Lipinski definition) is 0. The molecule has 0 saturated carbocycles. The van der Waals surface area contributed by atoms with Crippen LogP contribution < -0.4 is 14.2 Å². The predicted molar refractivity (Wildman–Crippen MR) is 82.5 cm³/mol. The van der Waals surface area contributed by atoms with E-state index in [4.69, 9.17) is 28.9 Å². The van der Waals surface area contributed by atoms with Crippen molar-refractivity contribution in [3.05, 3.63) is 23.3 Å². The molecule has 124 valence electrons. The van der Waals surface area contributed by atoms with Gasteiger partial charge in [-0.2, -0.15) is 5.26 Å². The summed E-state index contributed by atoms with van der Waals surface area (Å²) < 4.78 is 25.4. The van der Waals surface area contributed by atoms with Crippen LogP contribution in [0.25, 0.3) is 6.08 Å². The summed E-state index contributed by atoms with van der Waals surface area (Å²) in [6, 6.07) is 5.07. The molecular weight excluding hydrogens is 302 g/mol. The standard InChI is InChI=1S/C16H19NO6/c1-19-5-6-23-16(18)12(10-17)7-11-8-13(20-2)15(22-4)14(9-11)21-3/h7-9H,5-6H2,1-4H3/b12-7+. The van der Waals surface area contributed by atoms with E-state index in [0.717, 1.165) is 0 Å². The molecule has 0 aliphatic heterocycles. The van der Waals surface area contributed by atoms with Crippen LogP contribution in [0.5, 0.6) is 17.2 Å². The van der Waals surface area contributed by atoms with Gasteiger partial charge in [0.2, 0.25) is 5.75 Å². The number of nitrogens with zero attached hydrogens (tertiary/aromatic N) is 1. The van der Waals surface area contributed by atoms with Crippen molar-refractivity contribution in [3.63, 3.8) is 0 Å². The summed E-state index contributed by atoms with van der Waals surface area (Å²) in [6.45, 7) is 0.332. The molecule has 0 unspecified atom stereocenters. The third-order valence-electron chi connectivity index (χ3n) is 2.86. The second-order valence-electron chi connectivity index (χ2n) is 4.26. The molecule has 0 N–H and O–H groups in total. The van der Waals surface area contributed by atoms with Crippen molar-refractivity contribution in [2.45, 2.75) is 0 Å². The van der Waals surface area contributed by atoms with Crippen molar-refractivity contribution >= 4 is 12.0 Å². The highest BCUT2D eigenvalue weighted by Crippen LogP contribution is 2.38. The van der Waals surface area contributed by atoms with E-state index in [2.05, 4.69) is 0 Å². The first-order valence-corrected chi connectivity index (χ1v) is 6.69. The summed E-state index contributed by atoms with van der Waals surface area (Å²) in [6.07, 6.45) is 1.39. The van der Waals surface area contributed by atoms with Crippen LogP contribution in [0.4, 0.5) is 0 Å². The number of nitriles is 1. The highest BCUT2D eigenvalue weighted by Gasteiger charge is 2.15. The van der Waals surface area contributed by atoms with Gasteiger partial charge < -0.3 is 23.7 Å². The molecule has 0 aliphatic carbocycles. The van der Waals surface area contributed by atoms with Crippen LogP contribution in [-0.2, 0) is 14.3 Å². The zero-order chi connectivity index (χ0) is 17.2. The molecule has 0 aromatic heterocycles. The second kappa shape index (κ2) is 9.33. The first-order chi connectivity index (χ1) is 11.1. The molecule has 0 heterocycles. The van der Waals surface area contributed by atoms with Gasteiger partial charge in [0.15, 0.2) is 11.5 Å². The molecule has 23 heavy (non-hydrogen) atoms. The van der Waals surface area contributed by atoms with Gasteiger partial charge >= 0.3 is 5.97 Å². The molecule has 0 bridgehead atoms. The van der Waals surface area contributed by atoms with Crippen LogP contribution in [0.2, 0.25) is 0 Å². The van der Waals surface area contributed by atoms with Gasteiger partial charge in [0.05, 0.1) is 27.9 Å². The number of hydrogen-bond acceptors (Lipinski definition) is 7. The number of carbonyl (C=O) groups excluding carboxylic acids is 1. The monoisotopic (exact) mass is 321 g/mol. The first kappa shape index (κ1) is 18.3. The molecule has 0 atom stereocenters. The lowest BCUT2D eigenvalue weighted by Crippen LogP contribution is -2.11. The fourth-order valence-electron chi connectivity index (χ4n) is 1.78. The molecule has 0 amide bonds. The third-order valence-corrected chi connectivity index (χ3v) is 2.86. The van der Waals surface area contributed by atoms with Gasteiger partial charge in [-0.25, -0.2) is 4.79 Å². The maximum absolute atomic E-state index is 11.8. The van der Waals surface area contributed by atoms with Gasteiger partial charge in [-0.15, -0.1) is 0 Å². The SMILES string of the molecule is COCCOC(=O)/C(C#N)=C/c1cc(OC)c(OC)c(OC)c1. The Balaban J connectivity index is 3.13. The average Bonchev–Trinajstić information content (AvgIpc) is 2.58. The Hall–Kier alpha value is -2.72. The van der Waals surface area contributed by atoms with E-state index in [1.165, 1.54) is 34.5 Å². The maximum atomic E-state index is 11.8. The van der Waals surface area contributed by atoms with E-state index in [1.807, 2.05) is 6.07 Å². The van der Waals surface area contributed by atoms with Gasteiger partial charge in [-0.05, 0) is 23.8 Å². The summed E-state index contributed by atoms with van der Waals surface area (Å²) in [5, 5.41) is 9.13. The van der Waals surface area contributed by atoms with Crippen molar-refractivity contribution in [2.24, 2.45) is 0 Å². The smallest absolute Gasteiger partial charge is 0.348 e. The molecule has 0 spiro atoms. The Morgan fingerprint density at radius 1 is 1.09 bits per heavy atom. The van der Waals surface area contributed by atoms with Gasteiger partial charge in [-0.3, -0.25) is 0 Å². The predicted octanol–water partition coefficient (Wildman–Crippen LogP) is 1.81. The Bertz CT molecular complexity index is 592. The van der Waals surface area contributed by atoms with Gasteiger partial charge in [0.25, 0.3) is 0 Å². The van der Waals surface area contributed by atoms with E-state index in [0.29, 0.717) is 22.8 Å². The average molecular weight is 321 g/mol. The first-order valence-electron chi connectivity index (χ1n) is 6.69. The molecule has 1 aromatic carbocycles. The highest BCUT2D eigenvalue weighted by molar-refractivity contribution is 5.98. The molecule has 0 fully saturated rings. The summed E-state index contributed by atoms with van der Waals surface area (Å²) >= 11 is 0. The van der Waals surface area contributed by atoms with Crippen molar-refractivity contribution in [3.8, 4) is 23.3 Å². The summed E-state index contributed by atoms with van der Waals surface area (Å²) in [4.78, 5) is 11.8. The fraction of sp³-hybridized carbons (Fsp3) is 0.375. The van der Waals surface area contributed by atoms with Gasteiger partial charge in [0, 0.05) is 7.11 Å². The van der Waals surface area contributed by atoms with Crippen LogP contribution in [-0.4, -0.2) is 47.6 Å². The van der Waals surface area contributed by atoms with Crippen LogP contribution in [0.1, 0.15) is 5.56 Å². The van der Waals surface area contributed by atoms with Crippen molar-refractivity contribution in [1.82, 2.24) is 0 Å². The van der Waals surface area contributed by atoms with E-state index in [9.17, 15) is 4.79 Å².